The molecule has 4 heteroatoms. The van der Waals surface area contributed by atoms with Crippen molar-refractivity contribution in [1.82, 2.24) is 0 Å². The standard InChI is InChI=1S/C14H13F2NS/c15-12-6-5-10(11(7-12)8-17)9-18-14-4-2-1-3-13(14)16/h1-7H,8-9,17H2. The van der Waals surface area contributed by atoms with Crippen LogP contribution in [0.1, 0.15) is 11.1 Å². The first-order valence-electron chi connectivity index (χ1n) is 5.55. The van der Waals surface area contributed by atoms with Gasteiger partial charge in [0.15, 0.2) is 0 Å². The number of halogens is 2. The van der Waals surface area contributed by atoms with Gasteiger partial charge in [0.2, 0.25) is 0 Å². The van der Waals surface area contributed by atoms with Gasteiger partial charge < -0.3 is 5.73 Å². The third kappa shape index (κ3) is 3.09. The van der Waals surface area contributed by atoms with Crippen LogP contribution < -0.4 is 5.73 Å². The monoisotopic (exact) mass is 265 g/mol. The molecule has 0 aliphatic rings. The minimum absolute atomic E-state index is 0.237. The van der Waals surface area contributed by atoms with Crippen LogP contribution in [0.4, 0.5) is 8.78 Å². The molecule has 0 aromatic heterocycles. The van der Waals surface area contributed by atoms with Crippen molar-refractivity contribution < 1.29 is 8.78 Å². The van der Waals surface area contributed by atoms with Crippen molar-refractivity contribution >= 4 is 11.8 Å². The van der Waals surface area contributed by atoms with Crippen LogP contribution in [0.5, 0.6) is 0 Å². The van der Waals surface area contributed by atoms with Crippen molar-refractivity contribution in [2.75, 3.05) is 0 Å². The van der Waals surface area contributed by atoms with Gasteiger partial charge in [-0.1, -0.05) is 18.2 Å². The zero-order chi connectivity index (χ0) is 13.0. The molecule has 0 amide bonds. The Morgan fingerprint density at radius 1 is 1.00 bits per heavy atom. The Labute approximate surface area is 109 Å². The first-order chi connectivity index (χ1) is 8.70. The third-order valence-corrected chi connectivity index (χ3v) is 3.71. The van der Waals surface area contributed by atoms with Gasteiger partial charge in [-0.15, -0.1) is 11.8 Å². The van der Waals surface area contributed by atoms with Crippen molar-refractivity contribution in [1.29, 1.82) is 0 Å². The van der Waals surface area contributed by atoms with E-state index in [0.29, 0.717) is 10.6 Å². The van der Waals surface area contributed by atoms with E-state index in [1.807, 2.05) is 0 Å². The van der Waals surface area contributed by atoms with E-state index in [-0.39, 0.29) is 18.2 Å². The minimum Gasteiger partial charge on any atom is -0.326 e. The summed E-state index contributed by atoms with van der Waals surface area (Å²) in [5, 5.41) is 0. The predicted molar refractivity (Wildman–Crippen MR) is 70.3 cm³/mol. The maximum atomic E-state index is 13.4. The van der Waals surface area contributed by atoms with Crippen molar-refractivity contribution in [2.45, 2.75) is 17.2 Å². The highest BCUT2D eigenvalue weighted by Crippen LogP contribution is 2.26. The minimum atomic E-state index is -0.296. The fourth-order valence-corrected chi connectivity index (χ4v) is 2.62. The van der Waals surface area contributed by atoms with Crippen LogP contribution in [0.2, 0.25) is 0 Å². The molecule has 0 aliphatic heterocycles. The Kier molecular flexibility index (Phi) is 4.33. The highest BCUT2D eigenvalue weighted by molar-refractivity contribution is 7.98. The van der Waals surface area contributed by atoms with Gasteiger partial charge in [0.25, 0.3) is 0 Å². The summed E-state index contributed by atoms with van der Waals surface area (Å²) in [6.45, 7) is 0.283. The molecular weight excluding hydrogens is 252 g/mol. The predicted octanol–water partition coefficient (Wildman–Crippen LogP) is 3.72. The van der Waals surface area contributed by atoms with Crippen LogP contribution in [-0.2, 0) is 12.3 Å². The van der Waals surface area contributed by atoms with E-state index in [2.05, 4.69) is 0 Å². The normalized spacial score (nSPS) is 10.6. The fraction of sp³-hybridized carbons (Fsp3) is 0.143. The van der Waals surface area contributed by atoms with Crippen LogP contribution in [0.25, 0.3) is 0 Å². The Morgan fingerprint density at radius 2 is 1.78 bits per heavy atom. The molecule has 0 saturated carbocycles. The SMILES string of the molecule is NCc1cc(F)ccc1CSc1ccccc1F. The van der Waals surface area contributed by atoms with Crippen molar-refractivity contribution in [3.8, 4) is 0 Å². The average Bonchev–Trinajstić information content (AvgIpc) is 2.39. The summed E-state index contributed by atoms with van der Waals surface area (Å²) in [7, 11) is 0. The number of hydrogen-bond acceptors (Lipinski definition) is 2. The second-order valence-corrected chi connectivity index (χ2v) is 4.85. The molecule has 1 nitrogen and oxygen atoms in total. The molecule has 0 bridgehead atoms. The van der Waals surface area contributed by atoms with E-state index in [4.69, 9.17) is 5.73 Å². The van der Waals surface area contributed by atoms with Crippen molar-refractivity contribution in [2.24, 2.45) is 5.73 Å². The highest BCUT2D eigenvalue weighted by atomic mass is 32.2. The van der Waals surface area contributed by atoms with Gasteiger partial charge in [-0.2, -0.15) is 0 Å². The van der Waals surface area contributed by atoms with Crippen LogP contribution >= 0.6 is 11.8 Å². The van der Waals surface area contributed by atoms with Gasteiger partial charge in [0.1, 0.15) is 11.6 Å². The number of benzene rings is 2. The lowest BCUT2D eigenvalue weighted by Gasteiger charge is -2.08. The average molecular weight is 265 g/mol. The second kappa shape index (κ2) is 5.98. The van der Waals surface area contributed by atoms with Crippen molar-refractivity contribution in [3.63, 3.8) is 0 Å². The molecule has 0 aliphatic carbocycles. The van der Waals surface area contributed by atoms with E-state index in [0.717, 1.165) is 11.1 Å². The first kappa shape index (κ1) is 13.1. The Bertz CT molecular complexity index is 543. The number of nitrogens with two attached hydrogens (primary N) is 1. The molecule has 18 heavy (non-hydrogen) atoms. The molecule has 0 fully saturated rings. The molecule has 2 rings (SSSR count). The van der Waals surface area contributed by atoms with Crippen LogP contribution in [0.3, 0.4) is 0 Å². The maximum absolute atomic E-state index is 13.4. The maximum Gasteiger partial charge on any atom is 0.136 e. The van der Waals surface area contributed by atoms with Crippen LogP contribution in [-0.4, -0.2) is 0 Å². The molecule has 0 atom stereocenters. The summed E-state index contributed by atoms with van der Waals surface area (Å²) in [6.07, 6.45) is 0. The molecule has 94 valence electrons. The molecule has 0 radical (unpaired) electrons. The van der Waals surface area contributed by atoms with Gasteiger partial charge in [-0.3, -0.25) is 0 Å². The molecule has 2 aromatic rings. The summed E-state index contributed by atoms with van der Waals surface area (Å²) in [4.78, 5) is 0.588. The molecular formula is C14H13F2NS. The van der Waals surface area contributed by atoms with Gasteiger partial charge in [0, 0.05) is 17.2 Å². The van der Waals surface area contributed by atoms with E-state index in [1.54, 1.807) is 24.3 Å². The van der Waals surface area contributed by atoms with Gasteiger partial charge in [0.05, 0.1) is 0 Å². The lowest BCUT2D eigenvalue weighted by atomic mass is 10.1. The summed E-state index contributed by atoms with van der Waals surface area (Å²) >= 11 is 1.38. The largest absolute Gasteiger partial charge is 0.326 e. The second-order valence-electron chi connectivity index (χ2n) is 3.84. The highest BCUT2D eigenvalue weighted by Gasteiger charge is 2.06. The number of thioether (sulfide) groups is 1. The fourth-order valence-electron chi connectivity index (χ4n) is 1.64. The van der Waals surface area contributed by atoms with E-state index < -0.39 is 0 Å². The molecule has 2 N–H and O–H groups in total. The molecule has 0 unspecified atom stereocenters. The Balaban J connectivity index is 2.13. The lowest BCUT2D eigenvalue weighted by Crippen LogP contribution is -2.01. The molecule has 0 spiro atoms. The topological polar surface area (TPSA) is 26.0 Å². The summed E-state index contributed by atoms with van der Waals surface area (Å²) in [6, 6.07) is 11.1. The van der Waals surface area contributed by atoms with Crippen LogP contribution in [0, 0.1) is 11.6 Å². The molecule has 0 heterocycles. The number of rotatable bonds is 4. The van der Waals surface area contributed by atoms with E-state index in [1.165, 1.54) is 30.0 Å². The van der Waals surface area contributed by atoms with Gasteiger partial charge >= 0.3 is 0 Å². The Morgan fingerprint density at radius 3 is 2.50 bits per heavy atom. The van der Waals surface area contributed by atoms with E-state index in [9.17, 15) is 8.78 Å². The summed E-state index contributed by atoms with van der Waals surface area (Å²) < 4.78 is 26.5. The lowest BCUT2D eigenvalue weighted by molar-refractivity contribution is 0.602. The third-order valence-electron chi connectivity index (χ3n) is 2.61. The Hall–Kier alpha value is -1.39. The van der Waals surface area contributed by atoms with Crippen LogP contribution in [0.15, 0.2) is 47.4 Å². The zero-order valence-corrected chi connectivity index (χ0v) is 10.5. The molecule has 2 aromatic carbocycles. The van der Waals surface area contributed by atoms with E-state index >= 15 is 0 Å². The summed E-state index contributed by atoms with van der Waals surface area (Å²) in [5.41, 5.74) is 7.27. The quantitative estimate of drug-likeness (QED) is 0.853. The number of hydrogen-bond donors (Lipinski definition) is 1. The van der Waals surface area contributed by atoms with Crippen molar-refractivity contribution in [3.05, 3.63) is 65.2 Å². The van der Waals surface area contributed by atoms with Gasteiger partial charge in [-0.25, -0.2) is 8.78 Å². The van der Waals surface area contributed by atoms with Gasteiger partial charge in [-0.05, 0) is 35.4 Å². The summed E-state index contributed by atoms with van der Waals surface area (Å²) in [5.74, 6) is 0.0438. The zero-order valence-electron chi connectivity index (χ0n) is 9.70. The smallest absolute Gasteiger partial charge is 0.136 e. The molecule has 0 saturated heterocycles. The first-order valence-corrected chi connectivity index (χ1v) is 6.54.